The second kappa shape index (κ2) is 6.77. The molecule has 1 amide bonds. The molecular formula is C13H21BrClN3O. The van der Waals surface area contributed by atoms with Gasteiger partial charge in [-0.1, -0.05) is 0 Å². The van der Waals surface area contributed by atoms with Gasteiger partial charge in [0.1, 0.15) is 5.69 Å². The van der Waals surface area contributed by atoms with E-state index in [0.717, 1.165) is 36.1 Å². The van der Waals surface area contributed by atoms with Crippen LogP contribution in [-0.2, 0) is 7.05 Å². The number of halogens is 2. The minimum Gasteiger partial charge on any atom is -0.345 e. The molecule has 2 heterocycles. The first kappa shape index (κ1) is 16.5. The Bertz CT molecular complexity index is 439. The maximum absolute atomic E-state index is 12.4. The first-order chi connectivity index (χ1) is 8.49. The van der Waals surface area contributed by atoms with E-state index in [-0.39, 0.29) is 24.4 Å². The third-order valence-corrected chi connectivity index (χ3v) is 4.19. The van der Waals surface area contributed by atoms with E-state index in [4.69, 9.17) is 5.73 Å². The highest BCUT2D eigenvalue weighted by Crippen LogP contribution is 2.22. The Morgan fingerprint density at radius 3 is 2.47 bits per heavy atom. The molecule has 1 saturated heterocycles. The van der Waals surface area contributed by atoms with Gasteiger partial charge in [-0.3, -0.25) is 4.79 Å². The Morgan fingerprint density at radius 1 is 1.47 bits per heavy atom. The van der Waals surface area contributed by atoms with E-state index in [9.17, 15) is 4.79 Å². The Balaban J connectivity index is 0.00000180. The number of nitrogens with zero attached hydrogens (tertiary/aromatic N) is 2. The van der Waals surface area contributed by atoms with Gasteiger partial charge in [0.15, 0.2) is 0 Å². The van der Waals surface area contributed by atoms with Crippen LogP contribution in [0.5, 0.6) is 0 Å². The molecule has 19 heavy (non-hydrogen) atoms. The molecular weight excluding hydrogens is 330 g/mol. The zero-order valence-corrected chi connectivity index (χ0v) is 13.7. The fourth-order valence-corrected chi connectivity index (χ4v) is 3.05. The Labute approximate surface area is 128 Å². The number of likely N-dealkylation sites (tertiary alicyclic amines) is 1. The lowest BCUT2D eigenvalue weighted by Crippen LogP contribution is -2.43. The number of hydrogen-bond donors (Lipinski definition) is 1. The maximum atomic E-state index is 12.4. The molecule has 0 radical (unpaired) electrons. The van der Waals surface area contributed by atoms with Gasteiger partial charge in [0.2, 0.25) is 0 Å². The second-order valence-corrected chi connectivity index (χ2v) is 6.06. The molecule has 1 aliphatic heterocycles. The van der Waals surface area contributed by atoms with Crippen molar-refractivity contribution in [3.05, 3.63) is 22.4 Å². The lowest BCUT2D eigenvalue weighted by atomic mass is 9.91. The van der Waals surface area contributed by atoms with Gasteiger partial charge in [-0.2, -0.15) is 0 Å². The molecule has 6 heteroatoms. The molecule has 1 aliphatic rings. The SMILES string of the molecule is CC(N)C1CCN(C(=O)c2cc(Br)cn2C)CC1.Cl. The molecule has 0 spiro atoms. The average molecular weight is 351 g/mol. The predicted molar refractivity (Wildman–Crippen MR) is 82.6 cm³/mol. The quantitative estimate of drug-likeness (QED) is 0.890. The van der Waals surface area contributed by atoms with E-state index in [1.54, 1.807) is 0 Å². The third kappa shape index (κ3) is 3.74. The minimum absolute atomic E-state index is 0. The van der Waals surface area contributed by atoms with Crippen LogP contribution in [0.25, 0.3) is 0 Å². The van der Waals surface area contributed by atoms with Crippen molar-refractivity contribution >= 4 is 34.2 Å². The summed E-state index contributed by atoms with van der Waals surface area (Å²) in [6, 6.07) is 2.10. The molecule has 2 N–H and O–H groups in total. The predicted octanol–water partition coefficient (Wildman–Crippen LogP) is 2.41. The summed E-state index contributed by atoms with van der Waals surface area (Å²) in [7, 11) is 1.90. The number of aromatic nitrogens is 1. The number of amides is 1. The first-order valence-electron chi connectivity index (χ1n) is 6.35. The minimum atomic E-state index is 0. The van der Waals surface area contributed by atoms with E-state index in [2.05, 4.69) is 22.9 Å². The normalized spacial score (nSPS) is 18.0. The summed E-state index contributed by atoms with van der Waals surface area (Å²) >= 11 is 3.40. The van der Waals surface area contributed by atoms with Gasteiger partial charge < -0.3 is 15.2 Å². The molecule has 108 valence electrons. The largest absolute Gasteiger partial charge is 0.345 e. The molecule has 1 unspecified atom stereocenters. The van der Waals surface area contributed by atoms with Gasteiger partial charge in [-0.25, -0.2) is 0 Å². The molecule has 1 atom stereocenters. The van der Waals surface area contributed by atoms with Crippen LogP contribution in [0, 0.1) is 5.92 Å². The Morgan fingerprint density at radius 2 is 2.05 bits per heavy atom. The van der Waals surface area contributed by atoms with E-state index >= 15 is 0 Å². The summed E-state index contributed by atoms with van der Waals surface area (Å²) in [5.41, 5.74) is 6.65. The molecule has 4 nitrogen and oxygen atoms in total. The molecule has 1 aromatic rings. The van der Waals surface area contributed by atoms with Crippen molar-refractivity contribution in [2.75, 3.05) is 13.1 Å². The number of carbonyl (C=O) groups is 1. The highest BCUT2D eigenvalue weighted by Gasteiger charge is 2.26. The summed E-state index contributed by atoms with van der Waals surface area (Å²) < 4.78 is 2.81. The lowest BCUT2D eigenvalue weighted by Gasteiger charge is -2.33. The number of hydrogen-bond acceptors (Lipinski definition) is 2. The Hall–Kier alpha value is -0.520. The van der Waals surface area contributed by atoms with Gasteiger partial charge >= 0.3 is 0 Å². The molecule has 0 saturated carbocycles. The van der Waals surface area contributed by atoms with E-state index in [0.29, 0.717) is 5.92 Å². The molecule has 1 fully saturated rings. The van der Waals surface area contributed by atoms with Crippen molar-refractivity contribution < 1.29 is 4.79 Å². The zero-order chi connectivity index (χ0) is 13.3. The second-order valence-electron chi connectivity index (χ2n) is 5.14. The van der Waals surface area contributed by atoms with Gasteiger partial charge in [-0.15, -0.1) is 12.4 Å². The van der Waals surface area contributed by atoms with Crippen LogP contribution in [-0.4, -0.2) is 34.5 Å². The fourth-order valence-electron chi connectivity index (χ4n) is 2.53. The highest BCUT2D eigenvalue weighted by atomic mass is 79.9. The van der Waals surface area contributed by atoms with Crippen molar-refractivity contribution in [3.8, 4) is 0 Å². The third-order valence-electron chi connectivity index (χ3n) is 3.76. The van der Waals surface area contributed by atoms with Gasteiger partial charge in [0.05, 0.1) is 0 Å². The number of aryl methyl sites for hydroxylation is 1. The van der Waals surface area contributed by atoms with E-state index < -0.39 is 0 Å². The number of carbonyl (C=O) groups excluding carboxylic acids is 1. The van der Waals surface area contributed by atoms with Crippen molar-refractivity contribution in [2.45, 2.75) is 25.8 Å². The molecule has 0 bridgehead atoms. The first-order valence-corrected chi connectivity index (χ1v) is 7.15. The monoisotopic (exact) mass is 349 g/mol. The van der Waals surface area contributed by atoms with Crippen LogP contribution in [0.2, 0.25) is 0 Å². The van der Waals surface area contributed by atoms with Crippen LogP contribution >= 0.6 is 28.3 Å². The average Bonchev–Trinajstić information content (AvgIpc) is 2.67. The molecule has 1 aromatic heterocycles. The Kier molecular flexibility index (Phi) is 5.89. The highest BCUT2D eigenvalue weighted by molar-refractivity contribution is 9.10. The van der Waals surface area contributed by atoms with Crippen molar-refractivity contribution in [3.63, 3.8) is 0 Å². The van der Waals surface area contributed by atoms with Crippen LogP contribution in [0.1, 0.15) is 30.3 Å². The summed E-state index contributed by atoms with van der Waals surface area (Å²) in [5.74, 6) is 0.667. The maximum Gasteiger partial charge on any atom is 0.270 e. The van der Waals surface area contributed by atoms with Crippen LogP contribution in [0.4, 0.5) is 0 Å². The summed E-state index contributed by atoms with van der Waals surface area (Å²) in [4.78, 5) is 14.3. The lowest BCUT2D eigenvalue weighted by molar-refractivity contribution is 0.0671. The summed E-state index contributed by atoms with van der Waals surface area (Å²) in [5, 5.41) is 0. The van der Waals surface area contributed by atoms with E-state index in [1.165, 1.54) is 0 Å². The van der Waals surface area contributed by atoms with Gasteiger partial charge in [0.25, 0.3) is 5.91 Å². The molecule has 2 rings (SSSR count). The smallest absolute Gasteiger partial charge is 0.270 e. The van der Waals surface area contributed by atoms with E-state index in [1.807, 2.05) is 28.8 Å². The number of rotatable bonds is 2. The topological polar surface area (TPSA) is 51.3 Å². The van der Waals surface area contributed by atoms with Crippen molar-refractivity contribution in [2.24, 2.45) is 18.7 Å². The van der Waals surface area contributed by atoms with Crippen LogP contribution in [0.15, 0.2) is 16.7 Å². The van der Waals surface area contributed by atoms with Crippen LogP contribution in [0.3, 0.4) is 0 Å². The van der Waals surface area contributed by atoms with Crippen molar-refractivity contribution in [1.29, 1.82) is 0 Å². The number of piperidine rings is 1. The number of nitrogens with two attached hydrogens (primary N) is 1. The summed E-state index contributed by atoms with van der Waals surface area (Å²) in [6.07, 6.45) is 3.92. The standard InChI is InChI=1S/C13H20BrN3O.ClH/c1-9(15)10-3-5-17(6-4-10)13(18)12-7-11(14)8-16(12)2;/h7-10H,3-6,15H2,1-2H3;1H. The van der Waals surface area contributed by atoms with Crippen LogP contribution < -0.4 is 5.73 Å². The zero-order valence-electron chi connectivity index (χ0n) is 11.3. The van der Waals surface area contributed by atoms with Gasteiger partial charge in [-0.05, 0) is 47.7 Å². The van der Waals surface area contributed by atoms with Crippen molar-refractivity contribution in [1.82, 2.24) is 9.47 Å². The van der Waals surface area contributed by atoms with Gasteiger partial charge in [0, 0.05) is 36.8 Å². The fraction of sp³-hybridized carbons (Fsp3) is 0.615. The molecule has 0 aliphatic carbocycles. The summed E-state index contributed by atoms with van der Waals surface area (Å²) in [6.45, 7) is 3.68. The molecule has 0 aromatic carbocycles.